The summed E-state index contributed by atoms with van der Waals surface area (Å²) in [5.74, 6) is -0.0850. The summed E-state index contributed by atoms with van der Waals surface area (Å²) in [5.41, 5.74) is 0.0168. The minimum Gasteiger partial charge on any atom is -0.235 e. The van der Waals surface area contributed by atoms with E-state index in [1.165, 1.54) is 6.07 Å². The zero-order chi connectivity index (χ0) is 11.4. The van der Waals surface area contributed by atoms with Gasteiger partial charge in [-0.25, -0.2) is 22.2 Å². The van der Waals surface area contributed by atoms with Gasteiger partial charge in [-0.1, -0.05) is 11.6 Å². The van der Waals surface area contributed by atoms with Crippen molar-refractivity contribution in [2.75, 3.05) is 5.75 Å². The summed E-state index contributed by atoms with van der Waals surface area (Å²) in [6.07, 6.45) is -2.54. The van der Waals surface area contributed by atoms with Crippen LogP contribution in [0, 0.1) is 0 Å². The molecule has 0 aliphatic rings. The topological polar surface area (TPSA) is 47.0 Å². The maximum absolute atomic E-state index is 12.3. The van der Waals surface area contributed by atoms with E-state index < -0.39 is 22.8 Å². The number of hydrogen-bond donors (Lipinski definition) is 1. The lowest BCUT2D eigenvalue weighted by Crippen LogP contribution is -1.98. The summed E-state index contributed by atoms with van der Waals surface area (Å²) < 4.78 is 45.2. The van der Waals surface area contributed by atoms with E-state index >= 15 is 0 Å². The molecule has 0 bridgehead atoms. The lowest BCUT2D eigenvalue weighted by Gasteiger charge is -2.03. The van der Waals surface area contributed by atoms with Gasteiger partial charge in [0, 0.05) is 0 Å². The van der Waals surface area contributed by atoms with E-state index in [-0.39, 0.29) is 17.3 Å². The normalized spacial score (nSPS) is 11.3. The number of nitrogens with zero attached hydrogens (tertiary/aromatic N) is 1. The Kier molecular flexibility index (Phi) is 4.41. The molecule has 3 nitrogen and oxygen atoms in total. The van der Waals surface area contributed by atoms with Gasteiger partial charge in [-0.15, -0.1) is 0 Å². The Morgan fingerprint density at radius 3 is 2.60 bits per heavy atom. The maximum Gasteiger partial charge on any atom is 0.280 e. The van der Waals surface area contributed by atoms with Gasteiger partial charge in [0.1, 0.15) is 21.6 Å². The summed E-state index contributed by atoms with van der Waals surface area (Å²) in [6, 6.07) is 2.54. The van der Waals surface area contributed by atoms with E-state index in [9.17, 15) is 17.2 Å². The predicted octanol–water partition coefficient (Wildman–Crippen LogP) is 1.83. The monoisotopic (exact) mass is 255 g/mol. The fourth-order valence-corrected chi connectivity index (χ4v) is 1.73. The Morgan fingerprint density at radius 2 is 2.07 bits per heavy atom. The highest BCUT2D eigenvalue weighted by molar-refractivity contribution is 7.72. The maximum atomic E-state index is 12.3. The van der Waals surface area contributed by atoms with Crippen LogP contribution < -0.4 is 0 Å². The highest BCUT2D eigenvalue weighted by atomic mass is 35.5. The zero-order valence-corrected chi connectivity index (χ0v) is 9.14. The molecule has 0 saturated heterocycles. The first-order valence-corrected chi connectivity index (χ1v) is 5.79. The fourth-order valence-electron chi connectivity index (χ4n) is 1.05. The van der Waals surface area contributed by atoms with Crippen molar-refractivity contribution in [3.05, 3.63) is 28.5 Å². The third kappa shape index (κ3) is 4.09. The van der Waals surface area contributed by atoms with E-state index in [0.717, 1.165) is 6.07 Å². The van der Waals surface area contributed by atoms with Gasteiger partial charge >= 0.3 is 0 Å². The molecule has 0 atom stereocenters. The number of alkyl halides is 2. The van der Waals surface area contributed by atoms with Gasteiger partial charge in [-0.05, 0) is 24.1 Å². The number of aryl methyl sites for hydroxylation is 1. The molecule has 1 heterocycles. The molecule has 0 N–H and O–H groups in total. The highest BCUT2D eigenvalue weighted by Crippen LogP contribution is 2.20. The number of aromatic nitrogens is 1. The number of hydrogen-bond acceptors (Lipinski definition) is 3. The van der Waals surface area contributed by atoms with Gasteiger partial charge in [0.2, 0.25) is 0 Å². The molecular formula is C8H8ClF2NO2S. The van der Waals surface area contributed by atoms with Gasteiger partial charge in [0.05, 0.1) is 5.75 Å². The first-order valence-electron chi connectivity index (χ1n) is 4.05. The Bertz CT molecular complexity index is 415. The van der Waals surface area contributed by atoms with Gasteiger partial charge in [-0.3, -0.25) is 0 Å². The molecule has 1 aromatic rings. The Morgan fingerprint density at radius 1 is 1.40 bits per heavy atom. The van der Waals surface area contributed by atoms with Crippen molar-refractivity contribution in [3.8, 4) is 0 Å². The van der Waals surface area contributed by atoms with Crippen LogP contribution in [0.2, 0.25) is 5.15 Å². The first kappa shape index (κ1) is 12.3. The second kappa shape index (κ2) is 5.37. The number of halogens is 3. The molecule has 0 fully saturated rings. The molecule has 0 amide bonds. The van der Waals surface area contributed by atoms with Crippen molar-refractivity contribution < 1.29 is 17.2 Å². The van der Waals surface area contributed by atoms with Gasteiger partial charge in [-0.2, -0.15) is 0 Å². The first-order chi connectivity index (χ1) is 6.99. The van der Waals surface area contributed by atoms with Crippen LogP contribution in [-0.2, 0) is 17.1 Å². The van der Waals surface area contributed by atoms with Crippen LogP contribution in [0.4, 0.5) is 8.78 Å². The van der Waals surface area contributed by atoms with Crippen molar-refractivity contribution in [2.24, 2.45) is 0 Å². The lowest BCUT2D eigenvalue weighted by molar-refractivity contribution is 0.146. The average Bonchev–Trinajstić information content (AvgIpc) is 2.13. The Balaban J connectivity index is 2.88. The summed E-state index contributed by atoms with van der Waals surface area (Å²) in [4.78, 5) is 3.42. The molecule has 15 heavy (non-hydrogen) atoms. The molecule has 0 unspecified atom stereocenters. The van der Waals surface area contributed by atoms with Crippen LogP contribution in [0.3, 0.4) is 0 Å². The van der Waals surface area contributed by atoms with E-state index in [2.05, 4.69) is 4.98 Å². The van der Waals surface area contributed by atoms with Crippen LogP contribution in [-0.4, -0.2) is 19.2 Å². The van der Waals surface area contributed by atoms with E-state index in [4.69, 9.17) is 11.6 Å². The van der Waals surface area contributed by atoms with Crippen molar-refractivity contribution in [1.29, 1.82) is 0 Å². The van der Waals surface area contributed by atoms with Crippen LogP contribution in [0.1, 0.15) is 17.7 Å². The highest BCUT2D eigenvalue weighted by Gasteiger charge is 2.11. The van der Waals surface area contributed by atoms with Crippen molar-refractivity contribution >= 4 is 22.3 Å². The second-order valence-electron chi connectivity index (χ2n) is 2.83. The van der Waals surface area contributed by atoms with Gasteiger partial charge < -0.3 is 0 Å². The summed E-state index contributed by atoms with van der Waals surface area (Å²) in [5, 5.41) is -0.0519. The summed E-state index contributed by atoms with van der Waals surface area (Å²) in [6.45, 7) is 0. The third-order valence-electron chi connectivity index (χ3n) is 1.68. The number of pyridine rings is 1. The van der Waals surface area contributed by atoms with Crippen LogP contribution in [0.5, 0.6) is 0 Å². The molecule has 0 aliphatic heterocycles. The summed E-state index contributed by atoms with van der Waals surface area (Å²) in [7, 11) is -2.51. The molecular weight excluding hydrogens is 248 g/mol. The van der Waals surface area contributed by atoms with Crippen LogP contribution >= 0.6 is 11.6 Å². The largest absolute Gasteiger partial charge is 0.280 e. The quantitative estimate of drug-likeness (QED) is 0.660. The standard InChI is InChI=1S/C8H8ClF2NO2S/c9-7-4-5(1-2-15(13)14)3-6(12-7)8(10)11/h3-4,8,15H,1-2H2. The molecule has 84 valence electrons. The summed E-state index contributed by atoms with van der Waals surface area (Å²) >= 11 is 5.51. The van der Waals surface area contributed by atoms with E-state index in [1.54, 1.807) is 0 Å². The van der Waals surface area contributed by atoms with E-state index in [1.807, 2.05) is 0 Å². The zero-order valence-electron chi connectivity index (χ0n) is 7.49. The second-order valence-corrected chi connectivity index (χ2v) is 4.33. The SMILES string of the molecule is O=[SH](=O)CCc1cc(Cl)nc(C(F)F)c1. The van der Waals surface area contributed by atoms with Crippen molar-refractivity contribution in [2.45, 2.75) is 12.8 Å². The average molecular weight is 256 g/mol. The molecule has 7 heteroatoms. The molecule has 0 saturated carbocycles. The van der Waals surface area contributed by atoms with Crippen LogP contribution in [0.15, 0.2) is 12.1 Å². The molecule has 0 spiro atoms. The Hall–Kier alpha value is -0.750. The minimum absolute atomic E-state index is 0.0519. The third-order valence-corrected chi connectivity index (χ3v) is 2.46. The number of thiol groups is 1. The smallest absolute Gasteiger partial charge is 0.235 e. The fraction of sp³-hybridized carbons (Fsp3) is 0.375. The van der Waals surface area contributed by atoms with Crippen molar-refractivity contribution in [1.82, 2.24) is 4.98 Å². The molecule has 0 aromatic carbocycles. The number of rotatable bonds is 4. The molecule has 0 aliphatic carbocycles. The predicted molar refractivity (Wildman–Crippen MR) is 53.1 cm³/mol. The Labute approximate surface area is 92.0 Å². The van der Waals surface area contributed by atoms with Crippen molar-refractivity contribution in [3.63, 3.8) is 0 Å². The molecule has 0 radical (unpaired) electrons. The van der Waals surface area contributed by atoms with Gasteiger partial charge in [0.25, 0.3) is 6.43 Å². The van der Waals surface area contributed by atoms with Gasteiger partial charge in [0.15, 0.2) is 0 Å². The van der Waals surface area contributed by atoms with Crippen LogP contribution in [0.25, 0.3) is 0 Å². The molecule has 1 rings (SSSR count). The molecule has 1 aromatic heterocycles. The lowest BCUT2D eigenvalue weighted by atomic mass is 10.2. The van der Waals surface area contributed by atoms with E-state index in [0.29, 0.717) is 5.56 Å². The minimum atomic E-state index is -2.71.